The first kappa shape index (κ1) is 17.6. The fourth-order valence-corrected chi connectivity index (χ4v) is 2.28. The zero-order valence-electron chi connectivity index (χ0n) is 13.1. The van der Waals surface area contributed by atoms with Crippen LogP contribution in [0.2, 0.25) is 0 Å². The fraction of sp³-hybridized carbons (Fsp3) is 0.600. The molecule has 3 nitrogen and oxygen atoms in total. The highest BCUT2D eigenvalue weighted by Crippen LogP contribution is 2.36. The number of ether oxygens (including phenoxy) is 1. The molecule has 0 aromatic heterocycles. The van der Waals surface area contributed by atoms with Gasteiger partial charge in [0.05, 0.1) is 7.11 Å². The Kier molecular flexibility index (Phi) is 5.89. The predicted molar refractivity (Wildman–Crippen MR) is 79.0 cm³/mol. The molecule has 1 rings (SSSR count). The first-order valence-corrected chi connectivity index (χ1v) is 6.88. The van der Waals surface area contributed by atoms with Gasteiger partial charge in [-0.25, -0.2) is 0 Å². The largest absolute Gasteiger partial charge is 0.496 e. The second-order valence-corrected chi connectivity index (χ2v) is 5.24. The summed E-state index contributed by atoms with van der Waals surface area (Å²) >= 11 is 0. The molecular formula is C15H23F3N2O. The molecule has 1 aromatic rings. The van der Waals surface area contributed by atoms with E-state index in [0.29, 0.717) is 11.4 Å². The Bertz CT molecular complexity index is 461. The molecule has 0 heterocycles. The third kappa shape index (κ3) is 4.52. The van der Waals surface area contributed by atoms with Crippen LogP contribution in [0.4, 0.5) is 18.9 Å². The Hall–Kier alpha value is -1.43. The van der Waals surface area contributed by atoms with Crippen molar-refractivity contribution >= 4 is 5.69 Å². The van der Waals surface area contributed by atoms with Crippen molar-refractivity contribution in [2.75, 3.05) is 25.6 Å². The van der Waals surface area contributed by atoms with Gasteiger partial charge in [0.25, 0.3) is 0 Å². The molecule has 0 saturated carbocycles. The fourth-order valence-electron chi connectivity index (χ4n) is 2.28. The average molecular weight is 304 g/mol. The van der Waals surface area contributed by atoms with Crippen molar-refractivity contribution in [1.29, 1.82) is 0 Å². The molecular weight excluding hydrogens is 281 g/mol. The van der Waals surface area contributed by atoms with Crippen molar-refractivity contribution in [1.82, 2.24) is 5.32 Å². The molecule has 0 saturated heterocycles. The van der Waals surface area contributed by atoms with Crippen LogP contribution in [0.15, 0.2) is 18.2 Å². The lowest BCUT2D eigenvalue weighted by molar-refractivity contribution is -0.120. The third-order valence-electron chi connectivity index (χ3n) is 3.41. The number of alkyl halides is 3. The summed E-state index contributed by atoms with van der Waals surface area (Å²) in [5.41, 5.74) is 1.28. The SMILES string of the molecule is CNC(C)c1c(OC)cccc1N(CC(F)(F)F)C(C)C. The van der Waals surface area contributed by atoms with E-state index in [-0.39, 0.29) is 12.1 Å². The first-order chi connectivity index (χ1) is 9.71. The lowest BCUT2D eigenvalue weighted by atomic mass is 10.0. The molecule has 0 bridgehead atoms. The van der Waals surface area contributed by atoms with E-state index in [4.69, 9.17) is 4.74 Å². The Labute approximate surface area is 124 Å². The maximum Gasteiger partial charge on any atom is 0.405 e. The summed E-state index contributed by atoms with van der Waals surface area (Å²) in [4.78, 5) is 1.35. The third-order valence-corrected chi connectivity index (χ3v) is 3.41. The van der Waals surface area contributed by atoms with Gasteiger partial charge >= 0.3 is 6.18 Å². The summed E-state index contributed by atoms with van der Waals surface area (Å²) in [5.74, 6) is 0.585. The van der Waals surface area contributed by atoms with Gasteiger partial charge < -0.3 is 15.0 Å². The van der Waals surface area contributed by atoms with Crippen LogP contribution in [0.25, 0.3) is 0 Å². The van der Waals surface area contributed by atoms with Crippen LogP contribution in [0.3, 0.4) is 0 Å². The monoisotopic (exact) mass is 304 g/mol. The Morgan fingerprint density at radius 1 is 1.24 bits per heavy atom. The van der Waals surface area contributed by atoms with Gasteiger partial charge in [-0.3, -0.25) is 0 Å². The minimum absolute atomic E-state index is 0.120. The van der Waals surface area contributed by atoms with Gasteiger partial charge in [0.15, 0.2) is 0 Å². The van der Waals surface area contributed by atoms with Crippen LogP contribution in [0, 0.1) is 0 Å². The summed E-state index contributed by atoms with van der Waals surface area (Å²) < 4.78 is 43.9. The van der Waals surface area contributed by atoms with E-state index in [1.54, 1.807) is 39.1 Å². The second-order valence-electron chi connectivity index (χ2n) is 5.24. The molecule has 0 amide bonds. The lowest BCUT2D eigenvalue weighted by Crippen LogP contribution is -2.40. The van der Waals surface area contributed by atoms with Crippen LogP contribution in [0.5, 0.6) is 5.75 Å². The van der Waals surface area contributed by atoms with Gasteiger partial charge in [-0.15, -0.1) is 0 Å². The van der Waals surface area contributed by atoms with Crippen LogP contribution in [-0.4, -0.2) is 32.9 Å². The normalized spacial score (nSPS) is 13.4. The van der Waals surface area contributed by atoms with E-state index in [1.807, 2.05) is 6.92 Å². The summed E-state index contributed by atoms with van der Waals surface area (Å²) in [7, 11) is 3.29. The number of benzene rings is 1. The molecule has 0 radical (unpaired) electrons. The number of nitrogens with one attached hydrogen (secondary N) is 1. The van der Waals surface area contributed by atoms with E-state index in [0.717, 1.165) is 5.56 Å². The summed E-state index contributed by atoms with van der Waals surface area (Å²) in [6.45, 7) is 4.41. The first-order valence-electron chi connectivity index (χ1n) is 6.88. The summed E-state index contributed by atoms with van der Waals surface area (Å²) in [5, 5.41) is 3.07. The predicted octanol–water partition coefficient (Wildman–Crippen LogP) is 3.75. The number of hydrogen-bond acceptors (Lipinski definition) is 3. The molecule has 6 heteroatoms. The standard InChI is InChI=1S/C15H23F3N2O/c1-10(2)20(9-15(16,17)18)12-7-6-8-13(21-5)14(12)11(3)19-4/h6-8,10-11,19H,9H2,1-5H3. The highest BCUT2D eigenvalue weighted by atomic mass is 19.4. The topological polar surface area (TPSA) is 24.5 Å². The average Bonchev–Trinajstić information content (AvgIpc) is 2.41. The van der Waals surface area contributed by atoms with Crippen LogP contribution < -0.4 is 15.0 Å². The number of rotatable bonds is 6. The van der Waals surface area contributed by atoms with Crippen molar-refractivity contribution in [2.24, 2.45) is 0 Å². The Morgan fingerprint density at radius 3 is 2.29 bits per heavy atom. The molecule has 0 spiro atoms. The van der Waals surface area contributed by atoms with E-state index in [1.165, 1.54) is 12.0 Å². The van der Waals surface area contributed by atoms with Gasteiger partial charge in [-0.05, 0) is 40.0 Å². The number of hydrogen-bond donors (Lipinski definition) is 1. The van der Waals surface area contributed by atoms with E-state index < -0.39 is 12.7 Å². The van der Waals surface area contributed by atoms with Crippen molar-refractivity contribution < 1.29 is 17.9 Å². The second kappa shape index (κ2) is 7.02. The smallest absolute Gasteiger partial charge is 0.405 e. The molecule has 0 aliphatic heterocycles. The minimum Gasteiger partial charge on any atom is -0.496 e. The molecule has 0 fully saturated rings. The van der Waals surface area contributed by atoms with E-state index in [9.17, 15) is 13.2 Å². The van der Waals surface area contributed by atoms with Crippen molar-refractivity contribution in [3.63, 3.8) is 0 Å². The molecule has 1 aromatic carbocycles. The van der Waals surface area contributed by atoms with Crippen molar-refractivity contribution in [3.8, 4) is 5.75 Å². The zero-order chi connectivity index (χ0) is 16.2. The van der Waals surface area contributed by atoms with Gasteiger partial charge in [-0.2, -0.15) is 13.2 Å². The maximum absolute atomic E-state index is 12.9. The van der Waals surface area contributed by atoms with Gasteiger partial charge in [0, 0.05) is 23.3 Å². The number of methoxy groups -OCH3 is 1. The van der Waals surface area contributed by atoms with Crippen molar-refractivity contribution in [2.45, 2.75) is 39.0 Å². The number of nitrogens with zero attached hydrogens (tertiary/aromatic N) is 1. The molecule has 1 atom stereocenters. The lowest BCUT2D eigenvalue weighted by Gasteiger charge is -2.33. The highest BCUT2D eigenvalue weighted by molar-refractivity contribution is 5.61. The molecule has 0 aliphatic rings. The van der Waals surface area contributed by atoms with Crippen LogP contribution in [0.1, 0.15) is 32.4 Å². The van der Waals surface area contributed by atoms with Gasteiger partial charge in [0.1, 0.15) is 12.3 Å². The van der Waals surface area contributed by atoms with Gasteiger partial charge in [0.2, 0.25) is 0 Å². The van der Waals surface area contributed by atoms with E-state index in [2.05, 4.69) is 5.32 Å². The number of anilines is 1. The Morgan fingerprint density at radius 2 is 1.86 bits per heavy atom. The molecule has 1 unspecified atom stereocenters. The quantitative estimate of drug-likeness (QED) is 0.866. The highest BCUT2D eigenvalue weighted by Gasteiger charge is 2.33. The molecule has 120 valence electrons. The molecule has 0 aliphatic carbocycles. The van der Waals surface area contributed by atoms with E-state index >= 15 is 0 Å². The minimum atomic E-state index is -4.26. The van der Waals surface area contributed by atoms with Crippen LogP contribution >= 0.6 is 0 Å². The molecule has 21 heavy (non-hydrogen) atoms. The van der Waals surface area contributed by atoms with Gasteiger partial charge in [-0.1, -0.05) is 6.07 Å². The Balaban J connectivity index is 3.36. The zero-order valence-corrected chi connectivity index (χ0v) is 13.1. The summed E-state index contributed by atoms with van der Waals surface area (Å²) in [6.07, 6.45) is -4.26. The molecule has 1 N–H and O–H groups in total. The maximum atomic E-state index is 12.9. The number of halogens is 3. The summed E-state index contributed by atoms with van der Waals surface area (Å²) in [6, 6.07) is 4.79. The van der Waals surface area contributed by atoms with Crippen molar-refractivity contribution in [3.05, 3.63) is 23.8 Å². The van der Waals surface area contributed by atoms with Crippen LogP contribution in [-0.2, 0) is 0 Å².